The van der Waals surface area contributed by atoms with Gasteiger partial charge in [-0.1, -0.05) is 27.5 Å². The molecule has 0 N–H and O–H groups in total. The molecule has 1 aromatic heterocycles. The monoisotopic (exact) mass is 289 g/mol. The molecule has 0 spiro atoms. The highest BCUT2D eigenvalue weighted by Crippen LogP contribution is 2.34. The van der Waals surface area contributed by atoms with Gasteiger partial charge in [0, 0.05) is 18.4 Å². The van der Waals surface area contributed by atoms with Gasteiger partial charge in [0.15, 0.2) is 5.82 Å². The molecule has 15 heavy (non-hydrogen) atoms. The van der Waals surface area contributed by atoms with Crippen molar-refractivity contribution in [3.63, 3.8) is 0 Å². The summed E-state index contributed by atoms with van der Waals surface area (Å²) in [4.78, 5) is 10.9. The van der Waals surface area contributed by atoms with E-state index in [0.29, 0.717) is 9.85 Å². The average Bonchev–Trinajstić information content (AvgIpc) is 2.16. The second-order valence-electron chi connectivity index (χ2n) is 4.01. The fourth-order valence-corrected chi connectivity index (χ4v) is 3.17. The zero-order valence-electron chi connectivity index (χ0n) is 8.53. The normalized spacial score (nSPS) is 24.7. The summed E-state index contributed by atoms with van der Waals surface area (Å²) in [6.45, 7) is 1.01. The lowest BCUT2D eigenvalue weighted by Crippen LogP contribution is -2.35. The van der Waals surface area contributed by atoms with Crippen LogP contribution in [0.2, 0.25) is 5.02 Å². The largest absolute Gasteiger partial charge is 0.358 e. The fourth-order valence-electron chi connectivity index (χ4n) is 1.86. The van der Waals surface area contributed by atoms with Crippen LogP contribution in [-0.2, 0) is 0 Å². The first kappa shape index (κ1) is 11.1. The molecule has 0 aliphatic heterocycles. The Morgan fingerprint density at radius 3 is 2.93 bits per heavy atom. The standard InChI is InChI=1S/C10H13BrClN3/c1-15(5-7-2-8(11)3-7)10-9(12)4-13-6-14-10/h4,6-8H,2-3,5H2,1H3. The lowest BCUT2D eigenvalue weighted by Gasteiger charge is -2.34. The van der Waals surface area contributed by atoms with Crippen molar-refractivity contribution in [1.29, 1.82) is 0 Å². The average molecular weight is 291 g/mol. The molecule has 82 valence electrons. The number of aromatic nitrogens is 2. The van der Waals surface area contributed by atoms with Gasteiger partial charge >= 0.3 is 0 Å². The molecule has 0 radical (unpaired) electrons. The molecular weight excluding hydrogens is 277 g/mol. The maximum absolute atomic E-state index is 6.02. The Kier molecular flexibility index (Phi) is 3.46. The molecule has 2 rings (SSSR count). The summed E-state index contributed by atoms with van der Waals surface area (Å²) in [6, 6.07) is 0. The van der Waals surface area contributed by atoms with Crippen LogP contribution in [0.4, 0.5) is 5.82 Å². The molecule has 1 aliphatic rings. The Labute approximate surface area is 103 Å². The van der Waals surface area contributed by atoms with E-state index in [1.807, 2.05) is 7.05 Å². The van der Waals surface area contributed by atoms with Crippen LogP contribution >= 0.6 is 27.5 Å². The third kappa shape index (κ3) is 2.61. The maximum atomic E-state index is 6.02. The van der Waals surface area contributed by atoms with Gasteiger partial charge in [0.05, 0.1) is 6.20 Å². The smallest absolute Gasteiger partial charge is 0.150 e. The quantitative estimate of drug-likeness (QED) is 0.802. The summed E-state index contributed by atoms with van der Waals surface area (Å²) < 4.78 is 0. The lowest BCUT2D eigenvalue weighted by atomic mass is 9.85. The van der Waals surface area contributed by atoms with E-state index in [0.717, 1.165) is 18.3 Å². The molecular formula is C10H13BrClN3. The molecule has 3 nitrogen and oxygen atoms in total. The molecule has 1 fully saturated rings. The Morgan fingerprint density at radius 2 is 2.33 bits per heavy atom. The number of nitrogens with zero attached hydrogens (tertiary/aromatic N) is 3. The lowest BCUT2D eigenvalue weighted by molar-refractivity contribution is 0.338. The van der Waals surface area contributed by atoms with Gasteiger partial charge in [-0.05, 0) is 18.8 Å². The second-order valence-corrected chi connectivity index (χ2v) is 5.71. The molecule has 0 bridgehead atoms. The van der Waals surface area contributed by atoms with Crippen molar-refractivity contribution >= 4 is 33.3 Å². The van der Waals surface area contributed by atoms with E-state index >= 15 is 0 Å². The number of hydrogen-bond acceptors (Lipinski definition) is 3. The Bertz CT molecular complexity index is 341. The molecule has 0 aromatic carbocycles. The van der Waals surface area contributed by atoms with E-state index in [1.165, 1.54) is 19.2 Å². The van der Waals surface area contributed by atoms with Gasteiger partial charge < -0.3 is 4.90 Å². The highest BCUT2D eigenvalue weighted by Gasteiger charge is 2.28. The van der Waals surface area contributed by atoms with Crippen LogP contribution in [0.5, 0.6) is 0 Å². The molecule has 1 aliphatic carbocycles. The van der Waals surface area contributed by atoms with Crippen molar-refractivity contribution in [2.24, 2.45) is 5.92 Å². The van der Waals surface area contributed by atoms with Crippen LogP contribution in [0.3, 0.4) is 0 Å². The van der Waals surface area contributed by atoms with Crippen molar-refractivity contribution < 1.29 is 0 Å². The number of anilines is 1. The van der Waals surface area contributed by atoms with Gasteiger partial charge in [-0.3, -0.25) is 0 Å². The first-order valence-electron chi connectivity index (χ1n) is 4.97. The summed E-state index contributed by atoms with van der Waals surface area (Å²) in [5.41, 5.74) is 0. The Balaban J connectivity index is 1.96. The van der Waals surface area contributed by atoms with E-state index < -0.39 is 0 Å². The molecule has 0 unspecified atom stereocenters. The number of hydrogen-bond donors (Lipinski definition) is 0. The van der Waals surface area contributed by atoms with Crippen molar-refractivity contribution in [2.45, 2.75) is 17.7 Å². The molecule has 0 atom stereocenters. The third-order valence-electron chi connectivity index (χ3n) is 2.72. The van der Waals surface area contributed by atoms with Crippen molar-refractivity contribution in [3.8, 4) is 0 Å². The van der Waals surface area contributed by atoms with Crippen LogP contribution < -0.4 is 4.90 Å². The Hall–Kier alpha value is -0.350. The predicted octanol–water partition coefficient (Wildman–Crippen LogP) is 2.74. The van der Waals surface area contributed by atoms with E-state index in [4.69, 9.17) is 11.6 Å². The highest BCUT2D eigenvalue weighted by atomic mass is 79.9. The zero-order valence-corrected chi connectivity index (χ0v) is 10.9. The van der Waals surface area contributed by atoms with Gasteiger partial charge in [-0.2, -0.15) is 0 Å². The Morgan fingerprint density at radius 1 is 1.60 bits per heavy atom. The minimum atomic E-state index is 0.620. The third-order valence-corrected chi connectivity index (χ3v) is 3.73. The first-order valence-corrected chi connectivity index (χ1v) is 6.27. The van der Waals surface area contributed by atoms with Crippen LogP contribution in [-0.4, -0.2) is 28.4 Å². The van der Waals surface area contributed by atoms with Crippen molar-refractivity contribution in [1.82, 2.24) is 9.97 Å². The van der Waals surface area contributed by atoms with Crippen molar-refractivity contribution in [2.75, 3.05) is 18.5 Å². The van der Waals surface area contributed by atoms with Crippen LogP contribution in [0.15, 0.2) is 12.5 Å². The number of alkyl halides is 1. The highest BCUT2D eigenvalue weighted by molar-refractivity contribution is 9.09. The van der Waals surface area contributed by atoms with Crippen LogP contribution in [0.1, 0.15) is 12.8 Å². The second kappa shape index (κ2) is 4.66. The van der Waals surface area contributed by atoms with Crippen LogP contribution in [0.25, 0.3) is 0 Å². The molecule has 0 amide bonds. The van der Waals surface area contributed by atoms with Crippen molar-refractivity contribution in [3.05, 3.63) is 17.5 Å². The summed E-state index contributed by atoms with van der Waals surface area (Å²) in [5.74, 6) is 1.58. The van der Waals surface area contributed by atoms with E-state index in [2.05, 4.69) is 30.8 Å². The molecule has 5 heteroatoms. The van der Waals surface area contributed by atoms with Gasteiger partial charge in [0.1, 0.15) is 11.3 Å². The van der Waals surface area contributed by atoms with Gasteiger partial charge in [0.2, 0.25) is 0 Å². The minimum absolute atomic E-state index is 0.620. The van der Waals surface area contributed by atoms with Gasteiger partial charge in [0.25, 0.3) is 0 Å². The summed E-state index contributed by atoms with van der Waals surface area (Å²) in [7, 11) is 2.02. The van der Waals surface area contributed by atoms with Gasteiger partial charge in [-0.25, -0.2) is 9.97 Å². The zero-order chi connectivity index (χ0) is 10.8. The molecule has 1 heterocycles. The van der Waals surface area contributed by atoms with E-state index in [9.17, 15) is 0 Å². The van der Waals surface area contributed by atoms with E-state index in [1.54, 1.807) is 6.20 Å². The predicted molar refractivity (Wildman–Crippen MR) is 65.8 cm³/mol. The SMILES string of the molecule is CN(CC1CC(Br)C1)c1ncncc1Cl. The topological polar surface area (TPSA) is 29.0 Å². The number of halogens is 2. The summed E-state index contributed by atoms with van der Waals surface area (Å²) >= 11 is 9.61. The molecule has 0 saturated heterocycles. The van der Waals surface area contributed by atoms with Gasteiger partial charge in [-0.15, -0.1) is 0 Å². The molecule has 1 saturated carbocycles. The summed E-state index contributed by atoms with van der Waals surface area (Å²) in [5, 5.41) is 0.620. The maximum Gasteiger partial charge on any atom is 0.150 e. The fraction of sp³-hybridized carbons (Fsp3) is 0.600. The van der Waals surface area contributed by atoms with E-state index in [-0.39, 0.29) is 0 Å². The summed E-state index contributed by atoms with van der Waals surface area (Å²) in [6.07, 6.45) is 5.65. The molecule has 1 aromatic rings. The number of rotatable bonds is 3. The van der Waals surface area contributed by atoms with Crippen LogP contribution in [0, 0.1) is 5.92 Å². The first-order chi connectivity index (χ1) is 7.16. The minimum Gasteiger partial charge on any atom is -0.358 e.